The van der Waals surface area contributed by atoms with Crippen molar-refractivity contribution in [2.75, 3.05) is 16.4 Å². The number of benzene rings is 5. The van der Waals surface area contributed by atoms with E-state index in [0.29, 0.717) is 22.0 Å². The highest BCUT2D eigenvalue weighted by Gasteiger charge is 2.15. The maximum absolute atomic E-state index is 13.4. The highest BCUT2D eigenvalue weighted by atomic mass is 35.5. The minimum Gasteiger partial charge on any atom is -0.325 e. The molecule has 0 fully saturated rings. The van der Waals surface area contributed by atoms with Crippen molar-refractivity contribution in [3.63, 3.8) is 0 Å². The van der Waals surface area contributed by atoms with Gasteiger partial charge in [-0.1, -0.05) is 90.5 Å². The van der Waals surface area contributed by atoms with E-state index in [1.807, 2.05) is 91.9 Å². The highest BCUT2D eigenvalue weighted by Crippen LogP contribution is 2.24. The lowest BCUT2D eigenvalue weighted by atomic mass is 10.0. The number of rotatable bonds is 10. The number of thioether (sulfide) groups is 1. The Morgan fingerprint density at radius 3 is 2.00 bits per heavy atom. The lowest BCUT2D eigenvalue weighted by Gasteiger charge is -2.12. The molecule has 8 heteroatoms. The van der Waals surface area contributed by atoms with Gasteiger partial charge in [-0.2, -0.15) is 0 Å². The van der Waals surface area contributed by atoms with E-state index in [9.17, 15) is 14.4 Å². The summed E-state index contributed by atoms with van der Waals surface area (Å²) in [6.07, 6.45) is 1.65. The third-order valence-electron chi connectivity index (χ3n) is 6.80. The van der Waals surface area contributed by atoms with Crippen LogP contribution in [-0.4, -0.2) is 23.5 Å². The molecule has 0 heterocycles. The SMILES string of the molecule is Cc1ccc(NC(=O)CSc2ccc(NC(=O)/C(=C/c3ccc(-c4ccccc4)cc3)NC(=O)c3ccccc3)cc2)cc1Cl. The van der Waals surface area contributed by atoms with Crippen molar-refractivity contribution in [3.8, 4) is 11.1 Å². The number of aryl methyl sites for hydroxylation is 1. The predicted octanol–water partition coefficient (Wildman–Crippen LogP) is 8.46. The Balaban J connectivity index is 1.25. The molecule has 0 spiro atoms. The maximum Gasteiger partial charge on any atom is 0.272 e. The van der Waals surface area contributed by atoms with Crippen LogP contribution in [0.25, 0.3) is 17.2 Å². The molecule has 0 bridgehead atoms. The monoisotopic (exact) mass is 631 g/mol. The third-order valence-corrected chi connectivity index (χ3v) is 8.21. The van der Waals surface area contributed by atoms with Crippen molar-refractivity contribution in [1.29, 1.82) is 0 Å². The van der Waals surface area contributed by atoms with Gasteiger partial charge >= 0.3 is 0 Å². The van der Waals surface area contributed by atoms with Gasteiger partial charge in [0.05, 0.1) is 5.75 Å². The van der Waals surface area contributed by atoms with E-state index >= 15 is 0 Å². The van der Waals surface area contributed by atoms with Crippen molar-refractivity contribution in [1.82, 2.24) is 5.32 Å². The molecule has 5 aromatic carbocycles. The van der Waals surface area contributed by atoms with Crippen LogP contribution in [0.4, 0.5) is 11.4 Å². The van der Waals surface area contributed by atoms with Crippen LogP contribution in [-0.2, 0) is 9.59 Å². The molecule has 0 aromatic heterocycles. The first-order valence-electron chi connectivity index (χ1n) is 14.2. The van der Waals surface area contributed by atoms with Gasteiger partial charge in [0.1, 0.15) is 5.70 Å². The number of nitrogens with one attached hydrogen (secondary N) is 3. The molecule has 5 aromatic rings. The van der Waals surface area contributed by atoms with Crippen molar-refractivity contribution >= 4 is 58.5 Å². The van der Waals surface area contributed by atoms with E-state index in [1.165, 1.54) is 11.8 Å². The van der Waals surface area contributed by atoms with Crippen LogP contribution in [0.2, 0.25) is 5.02 Å². The van der Waals surface area contributed by atoms with Crippen LogP contribution in [0.3, 0.4) is 0 Å². The zero-order valence-electron chi connectivity index (χ0n) is 24.4. The number of carbonyl (C=O) groups excluding carboxylic acids is 3. The molecular weight excluding hydrogens is 602 g/mol. The maximum atomic E-state index is 13.4. The first-order chi connectivity index (χ1) is 21.8. The number of hydrogen-bond acceptors (Lipinski definition) is 4. The molecule has 3 amide bonds. The van der Waals surface area contributed by atoms with Crippen LogP contribution in [0.15, 0.2) is 138 Å². The van der Waals surface area contributed by atoms with Crippen LogP contribution in [0.5, 0.6) is 0 Å². The summed E-state index contributed by atoms with van der Waals surface area (Å²) >= 11 is 7.52. The zero-order chi connectivity index (χ0) is 31.6. The molecule has 0 saturated heterocycles. The molecule has 0 aliphatic carbocycles. The van der Waals surface area contributed by atoms with Gasteiger partial charge in [-0.05, 0) is 83.8 Å². The Morgan fingerprint density at radius 2 is 1.33 bits per heavy atom. The molecule has 0 saturated carbocycles. The molecule has 0 atom stereocenters. The van der Waals surface area contributed by atoms with E-state index < -0.39 is 11.8 Å². The fourth-order valence-corrected chi connectivity index (χ4v) is 5.24. The summed E-state index contributed by atoms with van der Waals surface area (Å²) in [6, 6.07) is 39.0. The van der Waals surface area contributed by atoms with Gasteiger partial charge < -0.3 is 16.0 Å². The fourth-order valence-electron chi connectivity index (χ4n) is 4.36. The van der Waals surface area contributed by atoms with Crippen molar-refractivity contribution in [3.05, 3.63) is 155 Å². The number of amides is 3. The minimum absolute atomic E-state index is 0.0997. The Labute approximate surface area is 271 Å². The zero-order valence-corrected chi connectivity index (χ0v) is 26.0. The number of hydrogen-bond donors (Lipinski definition) is 3. The van der Waals surface area contributed by atoms with E-state index in [4.69, 9.17) is 11.6 Å². The number of carbonyl (C=O) groups is 3. The largest absolute Gasteiger partial charge is 0.325 e. The second-order valence-corrected chi connectivity index (χ2v) is 11.6. The van der Waals surface area contributed by atoms with Gasteiger partial charge in [-0.25, -0.2) is 0 Å². The second-order valence-electron chi connectivity index (χ2n) is 10.1. The van der Waals surface area contributed by atoms with Gasteiger partial charge in [-0.15, -0.1) is 11.8 Å². The normalized spacial score (nSPS) is 11.0. The molecule has 3 N–H and O–H groups in total. The van der Waals surface area contributed by atoms with Gasteiger partial charge in [0.2, 0.25) is 5.91 Å². The quantitative estimate of drug-likeness (QED) is 0.107. The van der Waals surface area contributed by atoms with Crippen LogP contribution in [0, 0.1) is 6.92 Å². The summed E-state index contributed by atoms with van der Waals surface area (Å²) in [6.45, 7) is 1.90. The molecule has 0 radical (unpaired) electrons. The summed E-state index contributed by atoms with van der Waals surface area (Å²) in [5.74, 6) is -0.810. The lowest BCUT2D eigenvalue weighted by Crippen LogP contribution is -2.30. The molecule has 0 aliphatic heterocycles. The molecule has 0 aliphatic rings. The molecule has 224 valence electrons. The number of anilines is 2. The van der Waals surface area contributed by atoms with E-state index in [0.717, 1.165) is 27.1 Å². The van der Waals surface area contributed by atoms with Gasteiger partial charge in [0, 0.05) is 26.9 Å². The van der Waals surface area contributed by atoms with E-state index in [2.05, 4.69) is 16.0 Å². The number of halogens is 1. The van der Waals surface area contributed by atoms with Gasteiger partial charge in [0.15, 0.2) is 0 Å². The standard InChI is InChI=1S/C37H30ClN3O3S/c1-25-12-17-31(23-33(25)38)39-35(42)24-45-32-20-18-30(19-21-32)40-37(44)34(41-36(43)29-10-6-3-7-11-29)22-26-13-15-28(16-14-26)27-8-4-2-5-9-27/h2-23H,24H2,1H3,(H,39,42)(H,40,44)(H,41,43)/b34-22-. The Bertz CT molecular complexity index is 1830. The fraction of sp³-hybridized carbons (Fsp3) is 0.0541. The third kappa shape index (κ3) is 8.95. The Morgan fingerprint density at radius 1 is 0.711 bits per heavy atom. The second kappa shape index (κ2) is 15.1. The summed E-state index contributed by atoms with van der Waals surface area (Å²) in [5.41, 5.74) is 5.55. The Kier molecular flexibility index (Phi) is 10.5. The Hall–Kier alpha value is -5.11. The van der Waals surface area contributed by atoms with Gasteiger partial charge in [0.25, 0.3) is 11.8 Å². The first kappa shape index (κ1) is 31.3. The lowest BCUT2D eigenvalue weighted by molar-refractivity contribution is -0.114. The molecule has 0 unspecified atom stereocenters. The van der Waals surface area contributed by atoms with Gasteiger partial charge in [-0.3, -0.25) is 14.4 Å². The van der Waals surface area contributed by atoms with Crippen LogP contribution >= 0.6 is 23.4 Å². The van der Waals surface area contributed by atoms with Crippen molar-refractivity contribution < 1.29 is 14.4 Å². The average Bonchev–Trinajstić information content (AvgIpc) is 3.07. The van der Waals surface area contributed by atoms with Crippen molar-refractivity contribution in [2.45, 2.75) is 11.8 Å². The minimum atomic E-state index is -0.469. The topological polar surface area (TPSA) is 87.3 Å². The summed E-state index contributed by atoms with van der Waals surface area (Å²) in [5, 5.41) is 9.08. The van der Waals surface area contributed by atoms with Crippen molar-refractivity contribution in [2.24, 2.45) is 0 Å². The highest BCUT2D eigenvalue weighted by molar-refractivity contribution is 8.00. The molecular formula is C37H30ClN3O3S. The smallest absolute Gasteiger partial charge is 0.272 e. The first-order valence-corrected chi connectivity index (χ1v) is 15.5. The summed E-state index contributed by atoms with van der Waals surface area (Å²) < 4.78 is 0. The van der Waals surface area contributed by atoms with Crippen LogP contribution < -0.4 is 16.0 Å². The molecule has 45 heavy (non-hydrogen) atoms. The molecule has 5 rings (SSSR count). The summed E-state index contributed by atoms with van der Waals surface area (Å²) in [7, 11) is 0. The summed E-state index contributed by atoms with van der Waals surface area (Å²) in [4.78, 5) is 39.7. The molecule has 6 nitrogen and oxygen atoms in total. The average molecular weight is 632 g/mol. The van der Waals surface area contributed by atoms with E-state index in [1.54, 1.807) is 48.5 Å². The predicted molar refractivity (Wildman–Crippen MR) is 184 cm³/mol. The van der Waals surface area contributed by atoms with E-state index in [-0.39, 0.29) is 17.4 Å². The van der Waals surface area contributed by atoms with Crippen LogP contribution in [0.1, 0.15) is 21.5 Å².